The zero-order valence-electron chi connectivity index (χ0n) is 13.0. The number of H-pyrrole nitrogens is 1. The molecule has 5 nitrogen and oxygen atoms in total. The van der Waals surface area contributed by atoms with E-state index in [4.69, 9.17) is 11.6 Å². The van der Waals surface area contributed by atoms with E-state index in [1.165, 1.54) is 6.07 Å². The van der Waals surface area contributed by atoms with Crippen molar-refractivity contribution in [1.29, 1.82) is 0 Å². The molecule has 0 amide bonds. The van der Waals surface area contributed by atoms with Crippen molar-refractivity contribution in [1.82, 2.24) is 20.1 Å². The summed E-state index contributed by atoms with van der Waals surface area (Å²) in [6, 6.07) is 10.5. The van der Waals surface area contributed by atoms with Gasteiger partial charge in [-0.1, -0.05) is 11.6 Å². The SMILES string of the molecule is Fc1ccc2[nH]c(CN3CCN(c4ccc(Cl)nn4)CC3)cc2c1. The average Bonchev–Trinajstić information content (AvgIpc) is 2.98. The van der Waals surface area contributed by atoms with Crippen LogP contribution in [0.4, 0.5) is 10.2 Å². The van der Waals surface area contributed by atoms with E-state index in [1.54, 1.807) is 18.2 Å². The Bertz CT molecular complexity index is 840. The van der Waals surface area contributed by atoms with Gasteiger partial charge in [-0.2, -0.15) is 0 Å². The lowest BCUT2D eigenvalue weighted by Crippen LogP contribution is -2.46. The van der Waals surface area contributed by atoms with Gasteiger partial charge in [-0.05, 0) is 36.4 Å². The summed E-state index contributed by atoms with van der Waals surface area (Å²) in [6.07, 6.45) is 0. The van der Waals surface area contributed by atoms with Crippen molar-refractivity contribution in [2.24, 2.45) is 0 Å². The van der Waals surface area contributed by atoms with Crippen LogP contribution in [0.1, 0.15) is 5.69 Å². The Morgan fingerprint density at radius 3 is 2.62 bits per heavy atom. The number of anilines is 1. The molecule has 24 heavy (non-hydrogen) atoms. The predicted octanol–water partition coefficient (Wildman–Crippen LogP) is 3.07. The second kappa shape index (κ2) is 6.37. The zero-order chi connectivity index (χ0) is 16.5. The highest BCUT2D eigenvalue weighted by molar-refractivity contribution is 6.29. The van der Waals surface area contributed by atoms with Crippen molar-refractivity contribution in [3.8, 4) is 0 Å². The number of aromatic nitrogens is 3. The third-order valence-electron chi connectivity index (χ3n) is 4.35. The van der Waals surface area contributed by atoms with Crippen molar-refractivity contribution in [3.05, 3.63) is 53.1 Å². The van der Waals surface area contributed by atoms with E-state index in [0.29, 0.717) is 5.15 Å². The Hall–Kier alpha value is -2.18. The lowest BCUT2D eigenvalue weighted by Gasteiger charge is -2.34. The fourth-order valence-electron chi connectivity index (χ4n) is 3.10. The smallest absolute Gasteiger partial charge is 0.151 e. The number of nitrogens with one attached hydrogen (secondary N) is 1. The van der Waals surface area contributed by atoms with Crippen LogP contribution >= 0.6 is 11.6 Å². The molecule has 124 valence electrons. The molecule has 1 aliphatic rings. The highest BCUT2D eigenvalue weighted by Gasteiger charge is 2.19. The van der Waals surface area contributed by atoms with Gasteiger partial charge in [0.15, 0.2) is 11.0 Å². The van der Waals surface area contributed by atoms with E-state index in [1.807, 2.05) is 12.1 Å². The molecule has 0 bridgehead atoms. The van der Waals surface area contributed by atoms with E-state index in [-0.39, 0.29) is 5.82 Å². The van der Waals surface area contributed by atoms with E-state index < -0.39 is 0 Å². The molecule has 2 aromatic heterocycles. The van der Waals surface area contributed by atoms with Crippen LogP contribution in [0, 0.1) is 5.82 Å². The molecule has 4 rings (SSSR count). The Morgan fingerprint density at radius 1 is 1.04 bits per heavy atom. The third kappa shape index (κ3) is 3.20. The summed E-state index contributed by atoms with van der Waals surface area (Å²) in [5, 5.41) is 9.36. The Morgan fingerprint density at radius 2 is 1.88 bits per heavy atom. The molecule has 0 spiro atoms. The van der Waals surface area contributed by atoms with Crippen molar-refractivity contribution in [3.63, 3.8) is 0 Å². The average molecular weight is 346 g/mol. The van der Waals surface area contributed by atoms with Crippen molar-refractivity contribution >= 4 is 28.3 Å². The van der Waals surface area contributed by atoms with Crippen molar-refractivity contribution in [2.45, 2.75) is 6.54 Å². The van der Waals surface area contributed by atoms with Gasteiger partial charge >= 0.3 is 0 Å². The van der Waals surface area contributed by atoms with Crippen molar-refractivity contribution < 1.29 is 4.39 Å². The zero-order valence-corrected chi connectivity index (χ0v) is 13.8. The molecule has 1 fully saturated rings. The van der Waals surface area contributed by atoms with Crippen LogP contribution < -0.4 is 4.90 Å². The molecular weight excluding hydrogens is 329 g/mol. The molecule has 7 heteroatoms. The van der Waals surface area contributed by atoms with E-state index in [9.17, 15) is 4.39 Å². The molecule has 1 saturated heterocycles. The first-order valence-corrected chi connectivity index (χ1v) is 8.29. The molecule has 1 aromatic carbocycles. The van der Waals surface area contributed by atoms with Crippen LogP contribution in [0.2, 0.25) is 5.15 Å². The molecule has 0 saturated carbocycles. The highest BCUT2D eigenvalue weighted by atomic mass is 35.5. The van der Waals surface area contributed by atoms with Gasteiger partial charge in [0.2, 0.25) is 0 Å². The molecule has 0 aliphatic carbocycles. The minimum Gasteiger partial charge on any atom is -0.357 e. The molecule has 3 aromatic rings. The quantitative estimate of drug-likeness (QED) is 0.792. The van der Waals surface area contributed by atoms with Gasteiger partial charge in [0.25, 0.3) is 0 Å². The van der Waals surface area contributed by atoms with Gasteiger partial charge in [0.1, 0.15) is 5.82 Å². The number of benzene rings is 1. The minimum atomic E-state index is -0.203. The van der Waals surface area contributed by atoms with Crippen LogP contribution in [0.25, 0.3) is 10.9 Å². The Labute approximate surface area is 144 Å². The first kappa shape index (κ1) is 15.4. The maximum atomic E-state index is 13.3. The lowest BCUT2D eigenvalue weighted by molar-refractivity contribution is 0.247. The number of halogens is 2. The maximum Gasteiger partial charge on any atom is 0.151 e. The fraction of sp³-hybridized carbons (Fsp3) is 0.294. The highest BCUT2D eigenvalue weighted by Crippen LogP contribution is 2.19. The first-order valence-electron chi connectivity index (χ1n) is 7.91. The number of hydrogen-bond donors (Lipinski definition) is 1. The molecule has 3 heterocycles. The Balaban J connectivity index is 1.39. The number of hydrogen-bond acceptors (Lipinski definition) is 4. The van der Waals surface area contributed by atoms with Crippen LogP contribution in [-0.2, 0) is 6.54 Å². The normalized spacial score (nSPS) is 16.0. The summed E-state index contributed by atoms with van der Waals surface area (Å²) in [6.45, 7) is 4.49. The molecule has 0 unspecified atom stereocenters. The van der Waals surface area contributed by atoms with E-state index in [2.05, 4.69) is 25.0 Å². The second-order valence-corrected chi connectivity index (χ2v) is 6.39. The summed E-state index contributed by atoms with van der Waals surface area (Å²) >= 11 is 5.78. The second-order valence-electron chi connectivity index (χ2n) is 6.00. The number of fused-ring (bicyclic) bond motifs is 1. The van der Waals surface area contributed by atoms with Crippen LogP contribution in [0.15, 0.2) is 36.4 Å². The fourth-order valence-corrected chi connectivity index (χ4v) is 3.20. The van der Waals surface area contributed by atoms with Crippen LogP contribution in [0.5, 0.6) is 0 Å². The van der Waals surface area contributed by atoms with Crippen molar-refractivity contribution in [2.75, 3.05) is 31.1 Å². The summed E-state index contributed by atoms with van der Waals surface area (Å²) in [4.78, 5) is 7.94. The van der Waals surface area contributed by atoms with Crippen LogP contribution in [0.3, 0.4) is 0 Å². The number of nitrogens with zero attached hydrogens (tertiary/aromatic N) is 4. The maximum absolute atomic E-state index is 13.3. The topological polar surface area (TPSA) is 48.1 Å². The summed E-state index contributed by atoms with van der Waals surface area (Å²) in [5.74, 6) is 0.658. The molecule has 0 radical (unpaired) electrons. The van der Waals surface area contributed by atoms with Gasteiger partial charge in [-0.25, -0.2) is 4.39 Å². The van der Waals surface area contributed by atoms with Gasteiger partial charge in [0, 0.05) is 49.3 Å². The van der Waals surface area contributed by atoms with Gasteiger partial charge < -0.3 is 9.88 Å². The third-order valence-corrected chi connectivity index (χ3v) is 4.55. The van der Waals surface area contributed by atoms with Gasteiger partial charge in [0.05, 0.1) is 0 Å². The van der Waals surface area contributed by atoms with E-state index >= 15 is 0 Å². The largest absolute Gasteiger partial charge is 0.357 e. The Kier molecular flexibility index (Phi) is 4.08. The van der Waals surface area contributed by atoms with Gasteiger partial charge in [-0.3, -0.25) is 4.90 Å². The monoisotopic (exact) mass is 345 g/mol. The summed E-state index contributed by atoms with van der Waals surface area (Å²) in [5.41, 5.74) is 2.08. The molecular formula is C17H17ClFN5. The standard InChI is InChI=1S/C17H17ClFN5/c18-16-3-4-17(22-21-16)24-7-5-23(6-8-24)11-14-10-12-9-13(19)1-2-15(12)20-14/h1-4,9-10,20H,5-8,11H2. The predicted molar refractivity (Wildman–Crippen MR) is 92.8 cm³/mol. The molecule has 1 aliphatic heterocycles. The summed E-state index contributed by atoms with van der Waals surface area (Å²) in [7, 11) is 0. The van der Waals surface area contributed by atoms with E-state index in [0.717, 1.165) is 55.1 Å². The number of aromatic amines is 1. The van der Waals surface area contributed by atoms with Crippen LogP contribution in [-0.4, -0.2) is 46.3 Å². The minimum absolute atomic E-state index is 0.203. The van der Waals surface area contributed by atoms with Gasteiger partial charge in [-0.15, -0.1) is 10.2 Å². The lowest BCUT2D eigenvalue weighted by atomic mass is 10.2. The molecule has 0 atom stereocenters. The first-order chi connectivity index (χ1) is 11.7. The number of rotatable bonds is 3. The summed E-state index contributed by atoms with van der Waals surface area (Å²) < 4.78 is 13.3. The molecule has 1 N–H and O–H groups in total. The number of piperazine rings is 1.